The van der Waals surface area contributed by atoms with Crippen molar-refractivity contribution in [2.24, 2.45) is 16.7 Å². The number of aliphatic hydroxyl groups is 1. The first-order chi connectivity index (χ1) is 14.4. The summed E-state index contributed by atoms with van der Waals surface area (Å²) in [6.45, 7) is 10.3. The molecule has 2 aliphatic heterocycles. The highest BCUT2D eigenvalue weighted by Crippen LogP contribution is 2.66. The summed E-state index contributed by atoms with van der Waals surface area (Å²) in [4.78, 5) is 25.3. The van der Waals surface area contributed by atoms with E-state index in [1.807, 2.05) is 20.8 Å². The van der Waals surface area contributed by atoms with Crippen molar-refractivity contribution in [1.29, 1.82) is 0 Å². The van der Waals surface area contributed by atoms with E-state index in [9.17, 15) is 14.7 Å². The smallest absolute Gasteiger partial charge is 0.342 e. The van der Waals surface area contributed by atoms with Crippen LogP contribution in [0.15, 0.2) is 0 Å². The van der Waals surface area contributed by atoms with Crippen LogP contribution < -0.4 is 9.47 Å². The third-order valence-corrected chi connectivity index (χ3v) is 9.41. The van der Waals surface area contributed by atoms with Gasteiger partial charge in [-0.25, -0.2) is 4.79 Å². The van der Waals surface area contributed by atoms with Crippen LogP contribution >= 0.6 is 0 Å². The highest BCUT2D eigenvalue weighted by atomic mass is 16.5. The van der Waals surface area contributed by atoms with E-state index in [-0.39, 0.29) is 24.3 Å². The highest BCUT2D eigenvalue weighted by Gasteiger charge is 2.70. The molecule has 6 nitrogen and oxygen atoms in total. The van der Waals surface area contributed by atoms with Crippen LogP contribution in [0.25, 0.3) is 0 Å². The Morgan fingerprint density at radius 3 is 2.45 bits per heavy atom. The lowest BCUT2D eigenvalue weighted by atomic mass is 9.42. The van der Waals surface area contributed by atoms with E-state index in [4.69, 9.17) is 14.2 Å². The molecule has 2 fully saturated rings. The SMILES string of the molecule is COc1c2c(c(C)c3c1C(=O)OC3)OC1(C)CCC3(O)C(C)(C)C(=O)CCC3(C)C1C2. The number of hydrogen-bond donors (Lipinski definition) is 1. The summed E-state index contributed by atoms with van der Waals surface area (Å²) in [6.07, 6.45) is 2.89. The Labute approximate surface area is 183 Å². The molecule has 2 heterocycles. The van der Waals surface area contributed by atoms with Gasteiger partial charge in [-0.1, -0.05) is 20.8 Å². The predicted octanol–water partition coefficient (Wildman–Crippen LogP) is 3.90. The standard InChI is InChI=1S/C25H32O6/c1-13-15-12-30-21(27)18(15)20(29-6)14-11-16-23(4)8-7-17(26)22(2,3)25(23,28)10-9-24(16,5)31-19(13)14/h16,28H,7-12H2,1-6H3. The van der Waals surface area contributed by atoms with Crippen molar-refractivity contribution in [1.82, 2.24) is 0 Å². The number of ether oxygens (including phenoxy) is 3. The quantitative estimate of drug-likeness (QED) is 0.683. The largest absolute Gasteiger partial charge is 0.495 e. The zero-order valence-corrected chi connectivity index (χ0v) is 19.3. The van der Waals surface area contributed by atoms with Crippen molar-refractivity contribution < 1.29 is 28.9 Å². The summed E-state index contributed by atoms with van der Waals surface area (Å²) in [7, 11) is 1.58. The number of carbonyl (C=O) groups is 2. The maximum atomic E-state index is 12.8. The normalized spacial score (nSPS) is 37.7. The number of rotatable bonds is 1. The van der Waals surface area contributed by atoms with Crippen LogP contribution in [0, 0.1) is 23.7 Å². The fourth-order valence-electron chi connectivity index (χ4n) is 7.27. The second-order valence-corrected chi connectivity index (χ2v) is 10.9. The van der Waals surface area contributed by atoms with Gasteiger partial charge in [0.15, 0.2) is 0 Å². The zero-order valence-electron chi connectivity index (χ0n) is 19.3. The van der Waals surface area contributed by atoms with Crippen LogP contribution in [0.2, 0.25) is 0 Å². The first kappa shape index (κ1) is 20.8. The number of fused-ring (bicyclic) bond motifs is 5. The Bertz CT molecular complexity index is 1030. The third-order valence-electron chi connectivity index (χ3n) is 9.41. The first-order valence-electron chi connectivity index (χ1n) is 11.3. The monoisotopic (exact) mass is 428 g/mol. The lowest BCUT2D eigenvalue weighted by Crippen LogP contribution is -2.72. The molecule has 4 aliphatic rings. The Kier molecular flexibility index (Phi) is 4.05. The average molecular weight is 429 g/mol. The molecular weight excluding hydrogens is 396 g/mol. The van der Waals surface area contributed by atoms with Crippen LogP contribution in [-0.4, -0.2) is 35.2 Å². The van der Waals surface area contributed by atoms with E-state index in [1.165, 1.54) is 0 Å². The molecule has 5 rings (SSSR count). The molecular formula is C25H32O6. The lowest BCUT2D eigenvalue weighted by molar-refractivity contribution is -0.254. The number of carbonyl (C=O) groups excluding carboxylic acids is 2. The van der Waals surface area contributed by atoms with Gasteiger partial charge in [0, 0.05) is 28.9 Å². The van der Waals surface area contributed by atoms with E-state index in [0.29, 0.717) is 43.4 Å². The summed E-state index contributed by atoms with van der Waals surface area (Å²) in [6, 6.07) is 0. The Hall–Kier alpha value is -2.08. The molecule has 0 aromatic heterocycles. The second kappa shape index (κ2) is 6.03. The number of Topliss-reactive ketones (excluding diaryl/α,β-unsaturated/α-hetero) is 1. The molecule has 0 radical (unpaired) electrons. The van der Waals surface area contributed by atoms with Gasteiger partial charge in [-0.15, -0.1) is 0 Å². The van der Waals surface area contributed by atoms with Gasteiger partial charge in [0.1, 0.15) is 35.1 Å². The second-order valence-electron chi connectivity index (χ2n) is 10.9. The zero-order chi connectivity index (χ0) is 22.6. The van der Waals surface area contributed by atoms with Gasteiger partial charge in [-0.2, -0.15) is 0 Å². The number of esters is 1. The molecule has 0 saturated heterocycles. The molecule has 168 valence electrons. The number of hydrogen-bond acceptors (Lipinski definition) is 6. The van der Waals surface area contributed by atoms with Crippen LogP contribution in [0.4, 0.5) is 0 Å². The maximum absolute atomic E-state index is 12.8. The van der Waals surface area contributed by atoms with Crippen molar-refractivity contribution in [3.8, 4) is 11.5 Å². The number of benzene rings is 1. The van der Waals surface area contributed by atoms with Crippen molar-refractivity contribution in [3.05, 3.63) is 22.3 Å². The minimum Gasteiger partial charge on any atom is -0.495 e. The van der Waals surface area contributed by atoms with E-state index in [0.717, 1.165) is 22.4 Å². The minimum absolute atomic E-state index is 0.0256. The Morgan fingerprint density at radius 1 is 1.06 bits per heavy atom. The van der Waals surface area contributed by atoms with Crippen LogP contribution in [0.1, 0.15) is 80.4 Å². The van der Waals surface area contributed by atoms with E-state index < -0.39 is 22.0 Å². The molecule has 31 heavy (non-hydrogen) atoms. The van der Waals surface area contributed by atoms with Crippen molar-refractivity contribution in [3.63, 3.8) is 0 Å². The Balaban J connectivity index is 1.70. The third kappa shape index (κ3) is 2.27. The van der Waals surface area contributed by atoms with Gasteiger partial charge in [0.25, 0.3) is 0 Å². The summed E-state index contributed by atoms with van der Waals surface area (Å²) in [5, 5.41) is 12.0. The van der Waals surface area contributed by atoms with Crippen LogP contribution in [0.5, 0.6) is 11.5 Å². The summed E-state index contributed by atoms with van der Waals surface area (Å²) >= 11 is 0. The fraction of sp³-hybridized carbons (Fsp3) is 0.680. The van der Waals surface area contributed by atoms with Crippen molar-refractivity contribution in [2.45, 2.75) is 84.5 Å². The molecule has 2 saturated carbocycles. The summed E-state index contributed by atoms with van der Waals surface area (Å²) < 4.78 is 17.8. The molecule has 4 unspecified atom stereocenters. The molecule has 1 aromatic rings. The molecule has 1 N–H and O–H groups in total. The van der Waals surface area contributed by atoms with Gasteiger partial charge in [-0.05, 0) is 45.1 Å². The van der Waals surface area contributed by atoms with Crippen LogP contribution in [0.3, 0.4) is 0 Å². The maximum Gasteiger partial charge on any atom is 0.342 e. The molecule has 2 aliphatic carbocycles. The van der Waals surface area contributed by atoms with E-state index in [2.05, 4.69) is 13.8 Å². The summed E-state index contributed by atoms with van der Waals surface area (Å²) in [5.41, 5.74) is 0.237. The van der Waals surface area contributed by atoms with Gasteiger partial charge in [-0.3, -0.25) is 4.79 Å². The van der Waals surface area contributed by atoms with Crippen LogP contribution in [-0.2, 0) is 22.6 Å². The van der Waals surface area contributed by atoms with Gasteiger partial charge >= 0.3 is 5.97 Å². The number of cyclic esters (lactones) is 1. The first-order valence-corrected chi connectivity index (χ1v) is 11.3. The molecule has 4 atom stereocenters. The van der Waals surface area contributed by atoms with Gasteiger partial charge in [0.2, 0.25) is 0 Å². The molecule has 6 heteroatoms. The predicted molar refractivity (Wildman–Crippen MR) is 113 cm³/mol. The topological polar surface area (TPSA) is 82.1 Å². The van der Waals surface area contributed by atoms with E-state index >= 15 is 0 Å². The molecule has 0 spiro atoms. The van der Waals surface area contributed by atoms with Crippen molar-refractivity contribution in [2.75, 3.05) is 7.11 Å². The Morgan fingerprint density at radius 2 is 1.77 bits per heavy atom. The van der Waals surface area contributed by atoms with E-state index in [1.54, 1.807) is 7.11 Å². The summed E-state index contributed by atoms with van der Waals surface area (Å²) in [5.74, 6) is 1.06. The molecule has 0 bridgehead atoms. The molecule has 1 aromatic carbocycles. The molecule has 0 amide bonds. The van der Waals surface area contributed by atoms with Crippen molar-refractivity contribution >= 4 is 11.8 Å². The van der Waals surface area contributed by atoms with Gasteiger partial charge in [0.05, 0.1) is 18.1 Å². The highest BCUT2D eigenvalue weighted by molar-refractivity contribution is 5.98. The number of methoxy groups -OCH3 is 1. The fourth-order valence-corrected chi connectivity index (χ4v) is 7.27. The minimum atomic E-state index is -1.11. The van der Waals surface area contributed by atoms with Gasteiger partial charge < -0.3 is 19.3 Å². The average Bonchev–Trinajstić information content (AvgIpc) is 3.10. The lowest BCUT2D eigenvalue weighted by Gasteiger charge is -2.66. The number of ketones is 1.